The number of aryl methyl sites for hydroxylation is 1. The van der Waals surface area contributed by atoms with E-state index in [9.17, 15) is 4.79 Å². The van der Waals surface area contributed by atoms with Gasteiger partial charge in [0.15, 0.2) is 0 Å². The van der Waals surface area contributed by atoms with Crippen molar-refractivity contribution in [2.75, 3.05) is 0 Å². The van der Waals surface area contributed by atoms with Gasteiger partial charge in [-0.05, 0) is 12.8 Å². The smallest absolute Gasteiger partial charge is 0.346 e. The molecule has 1 saturated carbocycles. The van der Waals surface area contributed by atoms with Gasteiger partial charge in [-0.15, -0.1) is 0 Å². The predicted molar refractivity (Wildman–Crippen MR) is 57.8 cm³/mol. The van der Waals surface area contributed by atoms with E-state index in [1.165, 1.54) is 0 Å². The molecule has 1 aromatic rings. The molecule has 2 N–H and O–H groups in total. The third kappa shape index (κ3) is 1.30. The van der Waals surface area contributed by atoms with Gasteiger partial charge in [0.2, 0.25) is 0 Å². The number of carbonyl (C=O) groups excluding carboxylic acids is 1. The molecule has 1 atom stereocenters. The molecular formula is C10H13N5O. The number of urea groups is 1. The standard InChI is InChI=1S/C10H13N5O/c1-14-5-6(4-12-14)8-9(11)13-10(16)15(8)7-2-3-7/h4-5,7-8H,2-3H2,1H3,(H2,11,13,16). The second-order valence-corrected chi connectivity index (χ2v) is 4.31. The highest BCUT2D eigenvalue weighted by atomic mass is 16.2. The van der Waals surface area contributed by atoms with Crippen molar-refractivity contribution in [1.82, 2.24) is 14.7 Å². The van der Waals surface area contributed by atoms with Gasteiger partial charge in [0.1, 0.15) is 11.9 Å². The first kappa shape index (κ1) is 9.38. The van der Waals surface area contributed by atoms with E-state index < -0.39 is 0 Å². The number of hydrogen-bond donors (Lipinski definition) is 1. The maximum Gasteiger partial charge on any atom is 0.346 e. The van der Waals surface area contributed by atoms with Crippen LogP contribution in [0.3, 0.4) is 0 Å². The molecule has 1 unspecified atom stereocenters. The van der Waals surface area contributed by atoms with Crippen LogP contribution in [0.5, 0.6) is 0 Å². The highest BCUT2D eigenvalue weighted by Crippen LogP contribution is 2.37. The minimum absolute atomic E-state index is 0.214. The van der Waals surface area contributed by atoms with Crippen molar-refractivity contribution in [1.29, 1.82) is 0 Å². The van der Waals surface area contributed by atoms with Crippen molar-refractivity contribution in [3.8, 4) is 0 Å². The molecule has 1 aliphatic carbocycles. The number of aromatic nitrogens is 2. The summed E-state index contributed by atoms with van der Waals surface area (Å²) in [6, 6.07) is -0.120. The summed E-state index contributed by atoms with van der Waals surface area (Å²) >= 11 is 0. The summed E-state index contributed by atoms with van der Waals surface area (Å²) < 4.78 is 1.70. The first-order valence-electron chi connectivity index (χ1n) is 5.31. The number of nitrogens with two attached hydrogens (primary N) is 1. The minimum Gasteiger partial charge on any atom is -0.385 e. The number of carbonyl (C=O) groups is 1. The Balaban J connectivity index is 1.97. The van der Waals surface area contributed by atoms with E-state index in [-0.39, 0.29) is 12.1 Å². The molecule has 6 nitrogen and oxygen atoms in total. The van der Waals surface area contributed by atoms with Crippen molar-refractivity contribution >= 4 is 11.9 Å². The van der Waals surface area contributed by atoms with Crippen molar-refractivity contribution in [3.63, 3.8) is 0 Å². The highest BCUT2D eigenvalue weighted by molar-refractivity contribution is 6.03. The molecular weight excluding hydrogens is 206 g/mol. The van der Waals surface area contributed by atoms with E-state index in [1.807, 2.05) is 13.2 Å². The van der Waals surface area contributed by atoms with Crippen LogP contribution in [0.15, 0.2) is 17.4 Å². The second kappa shape index (κ2) is 3.07. The Kier molecular flexibility index (Phi) is 1.80. The number of rotatable bonds is 2. The predicted octanol–water partition coefficient (Wildman–Crippen LogP) is 0.416. The molecule has 0 spiro atoms. The van der Waals surface area contributed by atoms with Crippen molar-refractivity contribution in [2.45, 2.75) is 24.9 Å². The average Bonchev–Trinajstić information content (AvgIpc) is 2.90. The van der Waals surface area contributed by atoms with Gasteiger partial charge in [0, 0.05) is 24.8 Å². The van der Waals surface area contributed by atoms with Crippen LogP contribution >= 0.6 is 0 Å². The molecule has 2 heterocycles. The Morgan fingerprint density at radius 2 is 2.25 bits per heavy atom. The van der Waals surface area contributed by atoms with E-state index in [0.717, 1.165) is 18.4 Å². The molecule has 0 aromatic carbocycles. The average molecular weight is 219 g/mol. The fraction of sp³-hybridized carbons (Fsp3) is 0.500. The quantitative estimate of drug-likeness (QED) is 0.783. The lowest BCUT2D eigenvalue weighted by Crippen LogP contribution is -2.34. The Morgan fingerprint density at radius 3 is 2.81 bits per heavy atom. The summed E-state index contributed by atoms with van der Waals surface area (Å²) in [4.78, 5) is 17.3. The zero-order chi connectivity index (χ0) is 11.3. The fourth-order valence-corrected chi connectivity index (χ4v) is 2.11. The number of hydrogen-bond acceptors (Lipinski definition) is 3. The van der Waals surface area contributed by atoms with Crippen molar-refractivity contribution < 1.29 is 4.79 Å². The number of aliphatic imine (C=N–C) groups is 1. The molecule has 3 rings (SSSR count). The first-order chi connectivity index (χ1) is 7.66. The molecule has 6 heteroatoms. The fourth-order valence-electron chi connectivity index (χ4n) is 2.11. The van der Waals surface area contributed by atoms with E-state index in [0.29, 0.717) is 11.9 Å². The van der Waals surface area contributed by atoms with Gasteiger partial charge in [-0.3, -0.25) is 4.68 Å². The van der Waals surface area contributed by atoms with E-state index in [1.54, 1.807) is 15.8 Å². The maximum absolute atomic E-state index is 11.7. The Bertz CT molecular complexity index is 473. The van der Waals surface area contributed by atoms with E-state index in [4.69, 9.17) is 5.73 Å². The second-order valence-electron chi connectivity index (χ2n) is 4.31. The lowest BCUT2D eigenvalue weighted by atomic mass is 10.1. The van der Waals surface area contributed by atoms with Crippen LogP contribution in [0, 0.1) is 0 Å². The minimum atomic E-state index is -0.214. The number of amides is 2. The summed E-state index contributed by atoms with van der Waals surface area (Å²) in [5, 5.41) is 4.10. The molecule has 0 bridgehead atoms. The first-order valence-corrected chi connectivity index (χ1v) is 5.31. The third-order valence-corrected chi connectivity index (χ3v) is 2.98. The van der Waals surface area contributed by atoms with Crippen LogP contribution in [0.4, 0.5) is 4.79 Å². The van der Waals surface area contributed by atoms with Gasteiger partial charge in [0.05, 0.1) is 6.20 Å². The van der Waals surface area contributed by atoms with Gasteiger partial charge in [-0.25, -0.2) is 4.79 Å². The monoisotopic (exact) mass is 219 g/mol. The van der Waals surface area contributed by atoms with Crippen LogP contribution in [0.25, 0.3) is 0 Å². The number of amidine groups is 1. The van der Waals surface area contributed by atoms with Crippen LogP contribution in [0.2, 0.25) is 0 Å². The topological polar surface area (TPSA) is 76.5 Å². The largest absolute Gasteiger partial charge is 0.385 e. The van der Waals surface area contributed by atoms with Gasteiger partial charge >= 0.3 is 6.03 Å². The molecule has 1 aromatic heterocycles. The van der Waals surface area contributed by atoms with Crippen molar-refractivity contribution in [3.05, 3.63) is 18.0 Å². The molecule has 16 heavy (non-hydrogen) atoms. The van der Waals surface area contributed by atoms with Crippen LogP contribution in [-0.2, 0) is 7.05 Å². The van der Waals surface area contributed by atoms with Gasteiger partial charge in [0.25, 0.3) is 0 Å². The lowest BCUT2D eigenvalue weighted by molar-refractivity contribution is 0.203. The summed E-state index contributed by atoms with van der Waals surface area (Å²) in [5.74, 6) is 0.380. The Morgan fingerprint density at radius 1 is 1.50 bits per heavy atom. The molecule has 1 fully saturated rings. The highest BCUT2D eigenvalue weighted by Gasteiger charge is 2.44. The SMILES string of the molecule is Cn1cc(C2C(N)=NC(=O)N2C2CC2)cn1. The van der Waals surface area contributed by atoms with E-state index in [2.05, 4.69) is 10.1 Å². The molecule has 0 saturated heterocycles. The van der Waals surface area contributed by atoms with Crippen LogP contribution in [-0.4, -0.2) is 32.6 Å². The molecule has 2 aliphatic rings. The normalized spacial score (nSPS) is 25.1. The summed E-state index contributed by atoms with van der Waals surface area (Å²) in [6.45, 7) is 0. The summed E-state index contributed by atoms with van der Waals surface area (Å²) in [6.07, 6.45) is 5.71. The maximum atomic E-state index is 11.7. The lowest BCUT2D eigenvalue weighted by Gasteiger charge is -2.22. The summed E-state index contributed by atoms with van der Waals surface area (Å²) in [7, 11) is 1.84. The molecule has 1 aliphatic heterocycles. The Labute approximate surface area is 92.7 Å². The van der Waals surface area contributed by atoms with Gasteiger partial charge in [-0.1, -0.05) is 0 Å². The Hall–Kier alpha value is -1.85. The van der Waals surface area contributed by atoms with Gasteiger partial charge < -0.3 is 10.6 Å². The van der Waals surface area contributed by atoms with E-state index >= 15 is 0 Å². The number of nitrogens with zero attached hydrogens (tertiary/aromatic N) is 4. The third-order valence-electron chi connectivity index (χ3n) is 2.98. The molecule has 84 valence electrons. The van der Waals surface area contributed by atoms with Gasteiger partial charge in [-0.2, -0.15) is 10.1 Å². The van der Waals surface area contributed by atoms with Crippen LogP contribution < -0.4 is 5.73 Å². The zero-order valence-electron chi connectivity index (χ0n) is 9.00. The molecule has 2 amide bonds. The summed E-state index contributed by atoms with van der Waals surface area (Å²) in [5.41, 5.74) is 6.75. The zero-order valence-corrected chi connectivity index (χ0v) is 9.00. The molecule has 0 radical (unpaired) electrons. The van der Waals surface area contributed by atoms with Crippen LogP contribution in [0.1, 0.15) is 24.4 Å². The van der Waals surface area contributed by atoms with Crippen molar-refractivity contribution in [2.24, 2.45) is 17.8 Å².